The minimum atomic E-state index is -4.90. The zero-order valence-corrected chi connectivity index (χ0v) is 19.2. The number of anilines is 1. The molecule has 2 aromatic heterocycles. The molecule has 192 valence electrons. The van der Waals surface area contributed by atoms with Crippen LogP contribution in [0.3, 0.4) is 0 Å². The average Bonchev–Trinajstić information content (AvgIpc) is 3.26. The van der Waals surface area contributed by atoms with E-state index in [4.69, 9.17) is 5.73 Å². The van der Waals surface area contributed by atoms with Gasteiger partial charge in [0.25, 0.3) is 5.91 Å². The van der Waals surface area contributed by atoms with Gasteiger partial charge in [0.2, 0.25) is 5.91 Å². The molecule has 0 saturated heterocycles. The van der Waals surface area contributed by atoms with Crippen LogP contribution in [0.25, 0.3) is 16.7 Å². The highest BCUT2D eigenvalue weighted by atomic mass is 19.4. The number of fused-ring (bicyclic) bond motifs is 1. The van der Waals surface area contributed by atoms with Gasteiger partial charge in [0.15, 0.2) is 5.82 Å². The van der Waals surface area contributed by atoms with Crippen molar-refractivity contribution in [1.82, 2.24) is 20.1 Å². The molecular weight excluding hydrogens is 506 g/mol. The van der Waals surface area contributed by atoms with Crippen LogP contribution < -0.4 is 16.4 Å². The molecule has 0 aliphatic carbocycles. The Balaban J connectivity index is 1.61. The number of hydrogen-bond donors (Lipinski definition) is 3. The highest BCUT2D eigenvalue weighted by Crippen LogP contribution is 2.37. The van der Waals surface area contributed by atoms with E-state index in [0.29, 0.717) is 5.69 Å². The first-order valence-corrected chi connectivity index (χ1v) is 11.0. The van der Waals surface area contributed by atoms with Gasteiger partial charge >= 0.3 is 6.18 Å². The molecule has 5 rings (SSSR count). The van der Waals surface area contributed by atoms with Gasteiger partial charge in [0.05, 0.1) is 22.4 Å². The summed E-state index contributed by atoms with van der Waals surface area (Å²) in [5.41, 5.74) is 3.87. The molecular formula is C25H17F4N7O2. The van der Waals surface area contributed by atoms with Crippen LogP contribution in [0, 0.1) is 5.82 Å². The number of benzene rings is 2. The molecule has 4 N–H and O–H groups in total. The van der Waals surface area contributed by atoms with E-state index in [2.05, 4.69) is 25.7 Å². The topological polar surface area (TPSA) is 127 Å². The quantitative estimate of drug-likeness (QED) is 0.339. The van der Waals surface area contributed by atoms with E-state index < -0.39 is 46.7 Å². The second kappa shape index (κ2) is 9.42. The Labute approximate surface area is 211 Å². The molecule has 0 fully saturated rings. The standard InChI is InChI=1S/C25H17F4N7O2/c26-18-11-17(25(27,28)29)15(22-31-7-4-8-32-22)10-16(18)24(38)34-23-20-19(9-13(12-33-20)21(30)37)35-36(23)14-5-2-1-3-6-14/h1-12,22,31H,(H2,30,37)(H,34,38). The van der Waals surface area contributed by atoms with Gasteiger partial charge in [-0.25, -0.2) is 14.1 Å². The number of allylic oxidation sites excluding steroid dienone is 1. The lowest BCUT2D eigenvalue weighted by molar-refractivity contribution is -0.138. The zero-order chi connectivity index (χ0) is 27.0. The summed E-state index contributed by atoms with van der Waals surface area (Å²) in [5.74, 6) is -3.17. The number of nitrogens with zero attached hydrogens (tertiary/aromatic N) is 4. The van der Waals surface area contributed by atoms with Crippen molar-refractivity contribution >= 4 is 34.9 Å². The number of primary amides is 1. The lowest BCUT2D eigenvalue weighted by Crippen LogP contribution is -2.23. The Morgan fingerprint density at radius 2 is 1.87 bits per heavy atom. The second-order valence-electron chi connectivity index (χ2n) is 8.15. The number of aromatic nitrogens is 3. The second-order valence-corrected chi connectivity index (χ2v) is 8.15. The van der Waals surface area contributed by atoms with Crippen molar-refractivity contribution < 1.29 is 27.2 Å². The Kier molecular flexibility index (Phi) is 6.11. The van der Waals surface area contributed by atoms with E-state index in [1.807, 2.05) is 0 Å². The smallest absolute Gasteiger partial charge is 0.366 e. The Hall–Kier alpha value is -5.07. The number of nitrogens with one attached hydrogen (secondary N) is 2. The molecule has 13 heteroatoms. The SMILES string of the molecule is NC(=O)c1cnc2c(NC(=O)c3cc(C4N=CC=CN4)c(C(F)(F)F)cc3F)n(-c3ccccc3)nc2c1. The molecule has 0 saturated carbocycles. The predicted octanol–water partition coefficient (Wildman–Crippen LogP) is 4.12. The third kappa shape index (κ3) is 4.56. The van der Waals surface area contributed by atoms with Gasteiger partial charge in [0, 0.05) is 18.0 Å². The van der Waals surface area contributed by atoms with Gasteiger partial charge < -0.3 is 16.4 Å². The Morgan fingerprint density at radius 1 is 1.11 bits per heavy atom. The molecule has 0 radical (unpaired) electrons. The first kappa shape index (κ1) is 24.6. The number of amides is 2. The number of para-hydroxylation sites is 1. The largest absolute Gasteiger partial charge is 0.416 e. The molecule has 4 aromatic rings. The first-order chi connectivity index (χ1) is 18.1. The molecule has 1 atom stereocenters. The van der Waals surface area contributed by atoms with Crippen LogP contribution in [-0.2, 0) is 6.18 Å². The average molecular weight is 523 g/mol. The summed E-state index contributed by atoms with van der Waals surface area (Å²) in [6.45, 7) is 0. The maximum atomic E-state index is 15.0. The predicted molar refractivity (Wildman–Crippen MR) is 130 cm³/mol. The summed E-state index contributed by atoms with van der Waals surface area (Å²) >= 11 is 0. The van der Waals surface area contributed by atoms with Crippen molar-refractivity contribution in [2.45, 2.75) is 12.3 Å². The van der Waals surface area contributed by atoms with E-state index in [0.717, 1.165) is 6.07 Å². The van der Waals surface area contributed by atoms with Crippen LogP contribution in [0.15, 0.2) is 72.0 Å². The molecule has 2 amide bonds. The molecule has 1 aliphatic rings. The van der Waals surface area contributed by atoms with Crippen molar-refractivity contribution in [3.05, 3.63) is 95.1 Å². The van der Waals surface area contributed by atoms with Crippen molar-refractivity contribution in [2.24, 2.45) is 10.7 Å². The summed E-state index contributed by atoms with van der Waals surface area (Å²) in [7, 11) is 0. The molecule has 3 heterocycles. The highest BCUT2D eigenvalue weighted by molar-refractivity contribution is 6.08. The Morgan fingerprint density at radius 3 is 2.53 bits per heavy atom. The number of carbonyl (C=O) groups excluding carboxylic acids is 2. The van der Waals surface area contributed by atoms with Crippen LogP contribution in [-0.4, -0.2) is 32.8 Å². The van der Waals surface area contributed by atoms with Crippen LogP contribution in [0.4, 0.5) is 23.4 Å². The molecule has 38 heavy (non-hydrogen) atoms. The van der Waals surface area contributed by atoms with Crippen molar-refractivity contribution in [2.75, 3.05) is 5.32 Å². The molecule has 9 nitrogen and oxygen atoms in total. The van der Waals surface area contributed by atoms with Crippen LogP contribution in [0.1, 0.15) is 38.0 Å². The number of alkyl halides is 3. The minimum Gasteiger partial charge on any atom is -0.366 e. The van der Waals surface area contributed by atoms with Gasteiger partial charge in [-0.2, -0.15) is 18.3 Å². The summed E-state index contributed by atoms with van der Waals surface area (Å²) in [4.78, 5) is 33.0. The fourth-order valence-electron chi connectivity index (χ4n) is 3.92. The van der Waals surface area contributed by atoms with Gasteiger partial charge in [0.1, 0.15) is 23.0 Å². The fraction of sp³-hybridized carbons (Fsp3) is 0.0800. The number of aliphatic imine (C=N–C) groups is 1. The molecule has 2 aromatic carbocycles. The van der Waals surface area contributed by atoms with Gasteiger partial charge in [-0.05, 0) is 42.6 Å². The summed E-state index contributed by atoms with van der Waals surface area (Å²) in [5, 5.41) is 9.55. The van der Waals surface area contributed by atoms with Gasteiger partial charge in [-0.3, -0.25) is 14.6 Å². The maximum Gasteiger partial charge on any atom is 0.416 e. The summed E-state index contributed by atoms with van der Waals surface area (Å²) < 4.78 is 57.4. The van der Waals surface area contributed by atoms with E-state index >= 15 is 0 Å². The third-order valence-corrected chi connectivity index (χ3v) is 5.68. The third-order valence-electron chi connectivity index (χ3n) is 5.68. The summed E-state index contributed by atoms with van der Waals surface area (Å²) in [6, 6.07) is 11.0. The number of hydrogen-bond acceptors (Lipinski definition) is 6. The lowest BCUT2D eigenvalue weighted by Gasteiger charge is -2.21. The first-order valence-electron chi connectivity index (χ1n) is 11.0. The van der Waals surface area contributed by atoms with Gasteiger partial charge in [-0.1, -0.05) is 18.2 Å². The Bertz CT molecular complexity index is 1630. The van der Waals surface area contributed by atoms with E-state index in [9.17, 15) is 27.2 Å². The lowest BCUT2D eigenvalue weighted by atomic mass is 9.99. The maximum absolute atomic E-state index is 15.0. The van der Waals surface area contributed by atoms with Crippen LogP contribution in [0.2, 0.25) is 0 Å². The number of pyridine rings is 1. The number of rotatable bonds is 5. The number of carbonyl (C=O) groups is 2. The normalized spacial score (nSPS) is 14.9. The number of nitrogens with two attached hydrogens (primary N) is 1. The zero-order valence-electron chi connectivity index (χ0n) is 19.2. The minimum absolute atomic E-state index is 0.00446. The summed E-state index contributed by atoms with van der Waals surface area (Å²) in [6.07, 6.45) is -0.734. The van der Waals surface area contributed by atoms with E-state index in [1.54, 1.807) is 30.3 Å². The van der Waals surface area contributed by atoms with Crippen molar-refractivity contribution in [3.8, 4) is 5.69 Å². The van der Waals surface area contributed by atoms with Crippen molar-refractivity contribution in [3.63, 3.8) is 0 Å². The highest BCUT2D eigenvalue weighted by Gasteiger charge is 2.37. The molecule has 1 aliphatic heterocycles. The van der Waals surface area contributed by atoms with Crippen molar-refractivity contribution in [1.29, 1.82) is 0 Å². The molecule has 0 spiro atoms. The molecule has 1 unspecified atom stereocenters. The van der Waals surface area contributed by atoms with Crippen LogP contribution in [0.5, 0.6) is 0 Å². The molecule has 0 bridgehead atoms. The fourth-order valence-corrected chi connectivity index (χ4v) is 3.92. The monoisotopic (exact) mass is 523 g/mol. The van der Waals surface area contributed by atoms with E-state index in [-0.39, 0.29) is 28.5 Å². The number of halogens is 4. The van der Waals surface area contributed by atoms with E-state index in [1.165, 1.54) is 35.4 Å². The van der Waals surface area contributed by atoms with Gasteiger partial charge in [-0.15, -0.1) is 0 Å². The van der Waals surface area contributed by atoms with Crippen LogP contribution >= 0.6 is 0 Å².